The molecular weight excluding hydrogens is 234 g/mol. The third-order valence-electron chi connectivity index (χ3n) is 2.24. The lowest BCUT2D eigenvalue weighted by Crippen LogP contribution is -2.26. The summed E-state index contributed by atoms with van der Waals surface area (Å²) in [5, 5.41) is 9.99. The Kier molecular flexibility index (Phi) is 5.12. The molecule has 0 radical (unpaired) electrons. The maximum absolute atomic E-state index is 9.99. The summed E-state index contributed by atoms with van der Waals surface area (Å²) >= 11 is 5.12. The molecule has 3 nitrogen and oxygen atoms in total. The highest BCUT2D eigenvalue weighted by atomic mass is 32.1. The molecule has 4 heteroatoms. The average Bonchev–Trinajstić information content (AvgIpc) is 2.35. The summed E-state index contributed by atoms with van der Waals surface area (Å²) in [7, 11) is 3.63. The van der Waals surface area contributed by atoms with E-state index < -0.39 is 6.10 Å². The predicted octanol–water partition coefficient (Wildman–Crippen LogP) is 2.17. The maximum atomic E-state index is 9.99. The number of hydrogen-bond acceptors (Lipinski definition) is 3. The van der Waals surface area contributed by atoms with E-state index >= 15 is 0 Å². The van der Waals surface area contributed by atoms with E-state index in [9.17, 15) is 5.11 Å². The molecule has 0 heterocycles. The molecule has 0 spiro atoms. The van der Waals surface area contributed by atoms with Gasteiger partial charge in [-0.1, -0.05) is 37.0 Å². The zero-order chi connectivity index (χ0) is 12.8. The summed E-state index contributed by atoms with van der Waals surface area (Å²) in [6.45, 7) is 4.05. The number of thiocarbonyl (C=S) groups is 1. The first-order valence-electron chi connectivity index (χ1n) is 5.29. The Bertz CT molecular complexity index is 387. The second-order valence-electron chi connectivity index (χ2n) is 3.80. The van der Waals surface area contributed by atoms with Gasteiger partial charge in [0.05, 0.1) is 0 Å². The molecule has 0 saturated carbocycles. The van der Waals surface area contributed by atoms with E-state index in [2.05, 4.69) is 6.58 Å². The van der Waals surface area contributed by atoms with Gasteiger partial charge in [-0.25, -0.2) is 0 Å². The van der Waals surface area contributed by atoms with Crippen LogP contribution in [0.15, 0.2) is 36.9 Å². The van der Waals surface area contributed by atoms with Crippen LogP contribution in [0.4, 0.5) is 0 Å². The standard InChI is InChI=1S/C13H17NO2S/c1-4-9-16-11-7-5-10(6-8-11)12(15)13(17)14(2)3/h4-8,12,15H,1,9H2,2-3H3. The van der Waals surface area contributed by atoms with Gasteiger partial charge in [0, 0.05) is 14.1 Å². The normalized spacial score (nSPS) is 11.7. The molecular formula is C13H17NO2S. The summed E-state index contributed by atoms with van der Waals surface area (Å²) < 4.78 is 5.35. The van der Waals surface area contributed by atoms with Crippen LogP contribution in [0, 0.1) is 0 Å². The second kappa shape index (κ2) is 6.37. The van der Waals surface area contributed by atoms with Crippen molar-refractivity contribution in [2.75, 3.05) is 20.7 Å². The largest absolute Gasteiger partial charge is 0.490 e. The Morgan fingerprint density at radius 3 is 2.53 bits per heavy atom. The van der Waals surface area contributed by atoms with Crippen LogP contribution in [0.2, 0.25) is 0 Å². The van der Waals surface area contributed by atoms with Crippen LogP contribution in [0.5, 0.6) is 5.75 Å². The second-order valence-corrected chi connectivity index (χ2v) is 4.22. The fourth-order valence-corrected chi connectivity index (χ4v) is 1.42. The van der Waals surface area contributed by atoms with Crippen molar-refractivity contribution >= 4 is 17.2 Å². The van der Waals surface area contributed by atoms with Crippen LogP contribution in [0.3, 0.4) is 0 Å². The molecule has 0 amide bonds. The summed E-state index contributed by atoms with van der Waals surface area (Å²) in [6, 6.07) is 7.22. The molecule has 1 rings (SSSR count). The van der Waals surface area contributed by atoms with Gasteiger partial charge in [0.15, 0.2) is 0 Å². The number of aliphatic hydroxyl groups excluding tert-OH is 1. The van der Waals surface area contributed by atoms with Crippen molar-refractivity contribution in [1.29, 1.82) is 0 Å². The lowest BCUT2D eigenvalue weighted by Gasteiger charge is -2.19. The van der Waals surface area contributed by atoms with Gasteiger partial charge in [0.1, 0.15) is 23.4 Å². The van der Waals surface area contributed by atoms with E-state index in [0.717, 1.165) is 11.3 Å². The van der Waals surface area contributed by atoms with Crippen LogP contribution in [-0.4, -0.2) is 35.7 Å². The molecule has 1 aromatic rings. The van der Waals surface area contributed by atoms with Crippen LogP contribution in [0.1, 0.15) is 11.7 Å². The van der Waals surface area contributed by atoms with Crippen LogP contribution in [0.25, 0.3) is 0 Å². The molecule has 0 aliphatic rings. The molecule has 0 aliphatic heterocycles. The Balaban J connectivity index is 2.73. The molecule has 0 aromatic heterocycles. The molecule has 0 bridgehead atoms. The van der Waals surface area contributed by atoms with Crippen molar-refractivity contribution < 1.29 is 9.84 Å². The minimum absolute atomic E-state index is 0.470. The fraction of sp³-hybridized carbons (Fsp3) is 0.308. The first kappa shape index (κ1) is 13.7. The van der Waals surface area contributed by atoms with E-state index in [4.69, 9.17) is 17.0 Å². The number of hydrogen-bond donors (Lipinski definition) is 1. The van der Waals surface area contributed by atoms with Crippen LogP contribution in [-0.2, 0) is 0 Å². The molecule has 17 heavy (non-hydrogen) atoms. The molecule has 92 valence electrons. The van der Waals surface area contributed by atoms with Gasteiger partial charge < -0.3 is 14.7 Å². The molecule has 0 fully saturated rings. The smallest absolute Gasteiger partial charge is 0.129 e. The quantitative estimate of drug-likeness (QED) is 0.642. The minimum Gasteiger partial charge on any atom is -0.490 e. The van der Waals surface area contributed by atoms with E-state index in [0.29, 0.717) is 11.6 Å². The van der Waals surface area contributed by atoms with E-state index in [1.807, 2.05) is 14.1 Å². The summed E-state index contributed by atoms with van der Waals surface area (Å²) in [5.74, 6) is 0.747. The van der Waals surface area contributed by atoms with Gasteiger partial charge in [-0.3, -0.25) is 0 Å². The first-order valence-corrected chi connectivity index (χ1v) is 5.70. The number of nitrogens with zero attached hydrogens (tertiary/aromatic N) is 1. The van der Waals surface area contributed by atoms with E-state index in [1.54, 1.807) is 35.2 Å². The van der Waals surface area contributed by atoms with Gasteiger partial charge in [-0.05, 0) is 17.7 Å². The third kappa shape index (κ3) is 3.84. The Morgan fingerprint density at radius 2 is 2.06 bits per heavy atom. The van der Waals surface area contributed by atoms with Crippen molar-refractivity contribution in [2.24, 2.45) is 0 Å². The first-order chi connectivity index (χ1) is 8.06. The minimum atomic E-state index is -0.756. The predicted molar refractivity (Wildman–Crippen MR) is 73.4 cm³/mol. The highest BCUT2D eigenvalue weighted by Crippen LogP contribution is 2.19. The van der Waals surface area contributed by atoms with Gasteiger partial charge in [0.25, 0.3) is 0 Å². The molecule has 1 N–H and O–H groups in total. The lowest BCUT2D eigenvalue weighted by molar-refractivity contribution is 0.236. The average molecular weight is 251 g/mol. The number of ether oxygens (including phenoxy) is 1. The van der Waals surface area contributed by atoms with Gasteiger partial charge >= 0.3 is 0 Å². The number of likely N-dealkylation sites (N-methyl/N-ethyl adjacent to an activating group) is 1. The van der Waals surface area contributed by atoms with Gasteiger partial charge in [-0.15, -0.1) is 0 Å². The zero-order valence-electron chi connectivity index (χ0n) is 10.1. The highest BCUT2D eigenvalue weighted by Gasteiger charge is 2.14. The van der Waals surface area contributed by atoms with Crippen molar-refractivity contribution in [2.45, 2.75) is 6.10 Å². The molecule has 1 aromatic carbocycles. The zero-order valence-corrected chi connectivity index (χ0v) is 10.9. The van der Waals surface area contributed by atoms with E-state index in [1.165, 1.54) is 0 Å². The van der Waals surface area contributed by atoms with Crippen molar-refractivity contribution in [1.82, 2.24) is 4.90 Å². The van der Waals surface area contributed by atoms with Gasteiger partial charge in [0.2, 0.25) is 0 Å². The number of rotatable bonds is 5. The monoisotopic (exact) mass is 251 g/mol. The Labute approximate surface area is 107 Å². The SMILES string of the molecule is C=CCOc1ccc(C(O)C(=S)N(C)C)cc1. The third-order valence-corrected chi connectivity index (χ3v) is 2.83. The van der Waals surface area contributed by atoms with Crippen molar-refractivity contribution in [3.8, 4) is 5.75 Å². The van der Waals surface area contributed by atoms with Gasteiger partial charge in [-0.2, -0.15) is 0 Å². The maximum Gasteiger partial charge on any atom is 0.129 e. The molecule has 0 saturated heterocycles. The Morgan fingerprint density at radius 1 is 1.47 bits per heavy atom. The summed E-state index contributed by atoms with van der Waals surface area (Å²) in [4.78, 5) is 2.21. The Hall–Kier alpha value is -1.39. The molecule has 1 unspecified atom stereocenters. The molecule has 1 atom stereocenters. The summed E-state index contributed by atoms with van der Waals surface area (Å²) in [6.07, 6.45) is 0.928. The van der Waals surface area contributed by atoms with E-state index in [-0.39, 0.29) is 0 Å². The topological polar surface area (TPSA) is 32.7 Å². The lowest BCUT2D eigenvalue weighted by atomic mass is 10.1. The number of aliphatic hydroxyl groups is 1. The molecule has 0 aliphatic carbocycles. The van der Waals surface area contributed by atoms with Crippen LogP contribution < -0.4 is 4.74 Å². The summed E-state index contributed by atoms with van der Waals surface area (Å²) in [5.41, 5.74) is 0.759. The van der Waals surface area contributed by atoms with Crippen molar-refractivity contribution in [3.63, 3.8) is 0 Å². The highest BCUT2D eigenvalue weighted by molar-refractivity contribution is 7.80. The fourth-order valence-electron chi connectivity index (χ4n) is 1.29. The van der Waals surface area contributed by atoms with Crippen molar-refractivity contribution in [3.05, 3.63) is 42.5 Å². The van der Waals surface area contributed by atoms with Crippen LogP contribution >= 0.6 is 12.2 Å². The number of benzene rings is 1.